The van der Waals surface area contributed by atoms with Gasteiger partial charge in [0.15, 0.2) is 0 Å². The van der Waals surface area contributed by atoms with Crippen LogP contribution in [0, 0.1) is 5.92 Å². The normalized spacial score (nSPS) is 20.3. The van der Waals surface area contributed by atoms with E-state index in [4.69, 9.17) is 0 Å². The van der Waals surface area contributed by atoms with E-state index in [9.17, 15) is 9.59 Å². The Balaban J connectivity index is 1.32. The summed E-state index contributed by atoms with van der Waals surface area (Å²) in [6.07, 6.45) is 7.01. The number of thioether (sulfide) groups is 1. The van der Waals surface area contributed by atoms with Gasteiger partial charge in [-0.15, -0.1) is 23.1 Å². The van der Waals surface area contributed by atoms with Gasteiger partial charge >= 0.3 is 0 Å². The van der Waals surface area contributed by atoms with Gasteiger partial charge in [0.25, 0.3) is 5.91 Å². The number of carbonyl (C=O) groups is 2. The number of likely N-dealkylation sites (tertiary alicyclic amines) is 1. The number of thiophene rings is 1. The van der Waals surface area contributed by atoms with Crippen molar-refractivity contribution in [2.24, 2.45) is 5.92 Å². The van der Waals surface area contributed by atoms with Crippen molar-refractivity contribution < 1.29 is 9.59 Å². The fraction of sp³-hybridized carbons (Fsp3) is 0.455. The number of rotatable bonds is 5. The SMILES string of the molecule is O=C(Nc1ccc(SC2CCCC2)cc1)C1CCCN(C(=O)c2cccs2)C1. The summed E-state index contributed by atoms with van der Waals surface area (Å²) in [5, 5.41) is 5.70. The van der Waals surface area contributed by atoms with Crippen LogP contribution in [-0.4, -0.2) is 35.1 Å². The van der Waals surface area contributed by atoms with Crippen LogP contribution in [0.4, 0.5) is 5.69 Å². The van der Waals surface area contributed by atoms with Gasteiger partial charge in [-0.2, -0.15) is 0 Å². The number of hydrogen-bond donors (Lipinski definition) is 1. The minimum atomic E-state index is -0.148. The van der Waals surface area contributed by atoms with E-state index in [1.807, 2.05) is 46.3 Å². The van der Waals surface area contributed by atoms with Gasteiger partial charge in [-0.25, -0.2) is 0 Å². The quantitative estimate of drug-likeness (QED) is 0.725. The standard InChI is InChI=1S/C22H26N2O2S2/c25-21(16-5-3-13-24(15-16)22(26)20-8-4-14-27-20)23-17-9-11-19(12-10-17)28-18-6-1-2-7-18/h4,8-12,14,16,18H,1-3,5-7,13,15H2,(H,23,25). The molecule has 1 atom stereocenters. The maximum absolute atomic E-state index is 12.7. The molecule has 2 fully saturated rings. The molecule has 6 heteroatoms. The van der Waals surface area contributed by atoms with Gasteiger partial charge < -0.3 is 10.2 Å². The van der Waals surface area contributed by atoms with E-state index in [1.54, 1.807) is 0 Å². The lowest BCUT2D eigenvalue weighted by Crippen LogP contribution is -2.43. The second-order valence-electron chi connectivity index (χ2n) is 7.61. The van der Waals surface area contributed by atoms with Gasteiger partial charge in [0.1, 0.15) is 0 Å². The van der Waals surface area contributed by atoms with Crippen molar-refractivity contribution in [3.05, 3.63) is 46.7 Å². The number of hydrogen-bond acceptors (Lipinski definition) is 4. The largest absolute Gasteiger partial charge is 0.337 e. The average Bonchev–Trinajstić information content (AvgIpc) is 3.43. The van der Waals surface area contributed by atoms with Gasteiger partial charge in [-0.1, -0.05) is 18.9 Å². The Morgan fingerprint density at radius 2 is 1.82 bits per heavy atom. The lowest BCUT2D eigenvalue weighted by molar-refractivity contribution is -0.121. The first-order chi connectivity index (χ1) is 13.7. The number of amides is 2. The molecule has 1 aromatic carbocycles. The van der Waals surface area contributed by atoms with Crippen LogP contribution in [0.15, 0.2) is 46.7 Å². The molecule has 4 nitrogen and oxygen atoms in total. The summed E-state index contributed by atoms with van der Waals surface area (Å²) < 4.78 is 0. The molecule has 2 aliphatic rings. The fourth-order valence-corrected chi connectivity index (χ4v) is 5.93. The minimum absolute atomic E-state index is 0.0138. The smallest absolute Gasteiger partial charge is 0.263 e. The molecule has 4 rings (SSSR count). The lowest BCUT2D eigenvalue weighted by Gasteiger charge is -2.31. The Bertz CT molecular complexity index is 798. The van der Waals surface area contributed by atoms with Crippen molar-refractivity contribution in [2.75, 3.05) is 18.4 Å². The van der Waals surface area contributed by atoms with E-state index in [0.29, 0.717) is 6.54 Å². The highest BCUT2D eigenvalue weighted by Gasteiger charge is 2.29. The first-order valence-corrected chi connectivity index (χ1v) is 11.9. The number of anilines is 1. The molecule has 1 saturated heterocycles. The first-order valence-electron chi connectivity index (χ1n) is 10.1. The highest BCUT2D eigenvalue weighted by molar-refractivity contribution is 8.00. The summed E-state index contributed by atoms with van der Waals surface area (Å²) in [4.78, 5) is 29.1. The predicted octanol–water partition coefficient (Wildman–Crippen LogP) is 5.27. The van der Waals surface area contributed by atoms with E-state index in [2.05, 4.69) is 17.4 Å². The minimum Gasteiger partial charge on any atom is -0.337 e. The van der Waals surface area contributed by atoms with Crippen LogP contribution in [-0.2, 0) is 4.79 Å². The maximum Gasteiger partial charge on any atom is 0.263 e. The molecule has 2 aromatic rings. The van der Waals surface area contributed by atoms with Crippen LogP contribution < -0.4 is 5.32 Å². The van der Waals surface area contributed by atoms with Crippen LogP contribution in [0.3, 0.4) is 0 Å². The summed E-state index contributed by atoms with van der Waals surface area (Å²) in [7, 11) is 0. The van der Waals surface area contributed by atoms with Crippen molar-refractivity contribution in [1.29, 1.82) is 0 Å². The highest BCUT2D eigenvalue weighted by Crippen LogP contribution is 2.35. The lowest BCUT2D eigenvalue weighted by atomic mass is 9.97. The van der Waals surface area contributed by atoms with Crippen LogP contribution in [0.5, 0.6) is 0 Å². The maximum atomic E-state index is 12.7. The third-order valence-corrected chi connectivity index (χ3v) is 7.75. The Morgan fingerprint density at radius 3 is 2.54 bits per heavy atom. The number of carbonyl (C=O) groups excluding carboxylic acids is 2. The Morgan fingerprint density at radius 1 is 1.04 bits per heavy atom. The summed E-state index contributed by atoms with van der Waals surface area (Å²) in [5.74, 6) is -0.0918. The molecule has 1 N–H and O–H groups in total. The second kappa shape index (κ2) is 9.14. The summed E-state index contributed by atoms with van der Waals surface area (Å²) in [5.41, 5.74) is 0.836. The van der Waals surface area contributed by atoms with Crippen molar-refractivity contribution in [3.63, 3.8) is 0 Å². The van der Waals surface area contributed by atoms with Gasteiger partial charge in [0.05, 0.1) is 10.8 Å². The molecular formula is C22H26N2O2S2. The molecule has 1 aliphatic carbocycles. The molecule has 148 valence electrons. The number of nitrogens with one attached hydrogen (secondary N) is 1. The van der Waals surface area contributed by atoms with Crippen molar-refractivity contribution >= 4 is 40.6 Å². The average molecular weight is 415 g/mol. The number of nitrogens with zero attached hydrogens (tertiary/aromatic N) is 1. The Kier molecular flexibility index (Phi) is 6.37. The summed E-state index contributed by atoms with van der Waals surface area (Å²) in [6.45, 7) is 1.23. The van der Waals surface area contributed by atoms with E-state index in [1.165, 1.54) is 41.9 Å². The molecule has 1 aliphatic heterocycles. The molecule has 0 radical (unpaired) electrons. The van der Waals surface area contributed by atoms with Crippen LogP contribution in [0.25, 0.3) is 0 Å². The van der Waals surface area contributed by atoms with Gasteiger partial charge in [-0.3, -0.25) is 9.59 Å². The molecule has 2 amide bonds. The van der Waals surface area contributed by atoms with E-state index < -0.39 is 0 Å². The van der Waals surface area contributed by atoms with Crippen LogP contribution >= 0.6 is 23.1 Å². The highest BCUT2D eigenvalue weighted by atomic mass is 32.2. The van der Waals surface area contributed by atoms with E-state index >= 15 is 0 Å². The Hall–Kier alpha value is -1.79. The zero-order valence-electron chi connectivity index (χ0n) is 15.9. The third kappa shape index (κ3) is 4.78. The molecule has 0 spiro atoms. The van der Waals surface area contributed by atoms with Crippen molar-refractivity contribution in [2.45, 2.75) is 48.7 Å². The number of piperidine rings is 1. The monoisotopic (exact) mass is 414 g/mol. The molecule has 1 aromatic heterocycles. The molecule has 0 bridgehead atoms. The topological polar surface area (TPSA) is 49.4 Å². The Labute approximate surface area is 174 Å². The van der Waals surface area contributed by atoms with E-state index in [0.717, 1.165) is 35.2 Å². The molecular weight excluding hydrogens is 388 g/mol. The van der Waals surface area contributed by atoms with Gasteiger partial charge in [0, 0.05) is 28.9 Å². The molecule has 2 heterocycles. The van der Waals surface area contributed by atoms with Gasteiger partial charge in [0.2, 0.25) is 5.91 Å². The fourth-order valence-electron chi connectivity index (χ4n) is 3.99. The van der Waals surface area contributed by atoms with Crippen molar-refractivity contribution in [3.8, 4) is 0 Å². The summed E-state index contributed by atoms with van der Waals surface area (Å²) in [6, 6.07) is 11.9. The third-order valence-electron chi connectivity index (χ3n) is 5.54. The molecule has 28 heavy (non-hydrogen) atoms. The molecule has 1 unspecified atom stereocenters. The first kappa shape index (κ1) is 19.5. The zero-order valence-corrected chi connectivity index (χ0v) is 17.6. The van der Waals surface area contributed by atoms with Crippen LogP contribution in [0.1, 0.15) is 48.2 Å². The number of benzene rings is 1. The summed E-state index contributed by atoms with van der Waals surface area (Å²) >= 11 is 3.41. The second-order valence-corrected chi connectivity index (χ2v) is 9.93. The van der Waals surface area contributed by atoms with E-state index in [-0.39, 0.29) is 17.7 Å². The predicted molar refractivity (Wildman–Crippen MR) is 116 cm³/mol. The van der Waals surface area contributed by atoms with Gasteiger partial charge in [-0.05, 0) is 61.4 Å². The molecule has 1 saturated carbocycles. The zero-order chi connectivity index (χ0) is 19.3. The van der Waals surface area contributed by atoms with Crippen molar-refractivity contribution in [1.82, 2.24) is 4.90 Å². The van der Waals surface area contributed by atoms with Crippen LogP contribution in [0.2, 0.25) is 0 Å².